The van der Waals surface area contributed by atoms with Gasteiger partial charge in [-0.05, 0) is 45.8 Å². The van der Waals surface area contributed by atoms with Gasteiger partial charge in [-0.1, -0.05) is 12.1 Å². The van der Waals surface area contributed by atoms with Crippen LogP contribution in [0.1, 0.15) is 11.7 Å². The van der Waals surface area contributed by atoms with Crippen molar-refractivity contribution in [2.24, 2.45) is 0 Å². The Morgan fingerprint density at radius 2 is 2.14 bits per heavy atom. The molecule has 1 atom stereocenters. The minimum atomic E-state index is -3.60. The van der Waals surface area contributed by atoms with Crippen LogP contribution >= 0.6 is 27.3 Å². The summed E-state index contributed by atoms with van der Waals surface area (Å²) in [5.41, 5.74) is 0.576. The zero-order chi connectivity index (χ0) is 15.5. The second-order valence-electron chi connectivity index (χ2n) is 4.19. The molecule has 0 spiro atoms. The molecular formula is C13H13BrFNO3S2. The molecule has 1 aromatic carbocycles. The number of halogens is 2. The number of benzene rings is 1. The van der Waals surface area contributed by atoms with Gasteiger partial charge in [0.05, 0.1) is 9.89 Å². The molecular weight excluding hydrogens is 381 g/mol. The third-order valence-electron chi connectivity index (χ3n) is 2.78. The third kappa shape index (κ3) is 4.33. The molecule has 1 heterocycles. The Bertz CT molecular complexity index is 718. The second kappa shape index (κ2) is 6.97. The lowest BCUT2D eigenvalue weighted by atomic mass is 10.1. The van der Waals surface area contributed by atoms with Gasteiger partial charge in [0.1, 0.15) is 10.0 Å². The molecule has 0 amide bonds. The molecule has 0 aliphatic rings. The van der Waals surface area contributed by atoms with Crippen LogP contribution in [0.2, 0.25) is 0 Å². The van der Waals surface area contributed by atoms with Crippen molar-refractivity contribution in [3.63, 3.8) is 0 Å². The fourth-order valence-electron chi connectivity index (χ4n) is 1.74. The summed E-state index contributed by atoms with van der Waals surface area (Å²) in [6.45, 7) is 0.0256. The van der Waals surface area contributed by atoms with Crippen molar-refractivity contribution in [1.29, 1.82) is 0 Å². The topological polar surface area (TPSA) is 55.4 Å². The Morgan fingerprint density at radius 3 is 2.71 bits per heavy atom. The summed E-state index contributed by atoms with van der Waals surface area (Å²) in [7, 11) is -2.15. The van der Waals surface area contributed by atoms with Crippen LogP contribution in [-0.2, 0) is 14.8 Å². The van der Waals surface area contributed by atoms with E-state index in [2.05, 4.69) is 20.7 Å². The minimum Gasteiger partial charge on any atom is -0.375 e. The van der Waals surface area contributed by atoms with Gasteiger partial charge in [0.2, 0.25) is 10.0 Å². The van der Waals surface area contributed by atoms with Gasteiger partial charge in [0.25, 0.3) is 0 Å². The first-order valence-corrected chi connectivity index (χ1v) is 9.05. The predicted molar refractivity (Wildman–Crippen MR) is 83.4 cm³/mol. The molecule has 0 saturated heterocycles. The fourth-order valence-corrected chi connectivity index (χ4v) is 4.83. The van der Waals surface area contributed by atoms with Crippen LogP contribution in [0, 0.1) is 5.82 Å². The molecule has 0 fully saturated rings. The maximum absolute atomic E-state index is 13.2. The van der Waals surface area contributed by atoms with E-state index in [0.29, 0.717) is 5.56 Å². The molecule has 1 N–H and O–H groups in total. The van der Waals surface area contributed by atoms with Gasteiger partial charge in [-0.15, -0.1) is 11.3 Å². The molecule has 114 valence electrons. The Labute approximate surface area is 135 Å². The SMILES string of the molecule is CO[C@@H](CNS(=O)(=O)c1ccc(Br)s1)c1cccc(F)c1. The van der Waals surface area contributed by atoms with Crippen molar-refractivity contribution in [2.45, 2.75) is 10.3 Å². The Kier molecular flexibility index (Phi) is 5.50. The number of hydrogen-bond acceptors (Lipinski definition) is 4. The van der Waals surface area contributed by atoms with Gasteiger partial charge in [0, 0.05) is 13.7 Å². The van der Waals surface area contributed by atoms with E-state index in [4.69, 9.17) is 4.74 Å². The van der Waals surface area contributed by atoms with E-state index in [1.807, 2.05) is 0 Å². The Balaban J connectivity index is 2.10. The molecule has 0 bridgehead atoms. The van der Waals surface area contributed by atoms with Gasteiger partial charge >= 0.3 is 0 Å². The molecule has 2 aromatic rings. The minimum absolute atomic E-state index is 0.0256. The monoisotopic (exact) mass is 393 g/mol. The van der Waals surface area contributed by atoms with Crippen molar-refractivity contribution >= 4 is 37.3 Å². The predicted octanol–water partition coefficient (Wildman–Crippen LogP) is 3.32. The summed E-state index contributed by atoms with van der Waals surface area (Å²) < 4.78 is 46.1. The zero-order valence-electron chi connectivity index (χ0n) is 11.0. The highest BCUT2D eigenvalue weighted by Gasteiger charge is 2.19. The first-order chi connectivity index (χ1) is 9.92. The normalized spacial score (nSPS) is 13.3. The highest BCUT2D eigenvalue weighted by molar-refractivity contribution is 9.11. The zero-order valence-corrected chi connectivity index (χ0v) is 14.3. The number of nitrogens with one attached hydrogen (secondary N) is 1. The van der Waals surface area contributed by atoms with E-state index in [-0.39, 0.29) is 16.6 Å². The standard InChI is InChI=1S/C13H13BrFNO3S2/c1-19-11(9-3-2-4-10(15)7-9)8-16-21(17,18)13-6-5-12(14)20-13/h2-7,11,16H,8H2,1H3/t11-/m0/s1. The van der Waals surface area contributed by atoms with Crippen LogP contribution in [0.4, 0.5) is 4.39 Å². The number of rotatable bonds is 6. The second-order valence-corrected chi connectivity index (χ2v) is 8.65. The number of hydrogen-bond donors (Lipinski definition) is 1. The summed E-state index contributed by atoms with van der Waals surface area (Å²) in [5.74, 6) is -0.389. The van der Waals surface area contributed by atoms with Crippen molar-refractivity contribution in [3.05, 3.63) is 51.6 Å². The van der Waals surface area contributed by atoms with Crippen molar-refractivity contribution < 1.29 is 17.5 Å². The number of methoxy groups -OCH3 is 1. The Morgan fingerprint density at radius 1 is 1.38 bits per heavy atom. The van der Waals surface area contributed by atoms with Crippen molar-refractivity contribution in [1.82, 2.24) is 4.72 Å². The largest absolute Gasteiger partial charge is 0.375 e. The molecule has 0 unspecified atom stereocenters. The molecule has 0 saturated carbocycles. The molecule has 0 radical (unpaired) electrons. The molecule has 21 heavy (non-hydrogen) atoms. The molecule has 4 nitrogen and oxygen atoms in total. The van der Waals surface area contributed by atoms with Crippen LogP contribution in [0.15, 0.2) is 44.4 Å². The molecule has 1 aromatic heterocycles. The van der Waals surface area contributed by atoms with Gasteiger partial charge in [-0.3, -0.25) is 0 Å². The highest BCUT2D eigenvalue weighted by Crippen LogP contribution is 2.26. The first kappa shape index (κ1) is 16.6. The van der Waals surface area contributed by atoms with E-state index in [0.717, 1.165) is 15.1 Å². The van der Waals surface area contributed by atoms with E-state index in [9.17, 15) is 12.8 Å². The number of thiophene rings is 1. The molecule has 0 aliphatic carbocycles. The lowest BCUT2D eigenvalue weighted by molar-refractivity contribution is 0.107. The lowest BCUT2D eigenvalue weighted by Gasteiger charge is -2.16. The van der Waals surface area contributed by atoms with E-state index in [1.165, 1.54) is 25.3 Å². The number of ether oxygens (including phenoxy) is 1. The van der Waals surface area contributed by atoms with Gasteiger partial charge in [-0.25, -0.2) is 17.5 Å². The van der Waals surface area contributed by atoms with Gasteiger partial charge in [-0.2, -0.15) is 0 Å². The molecule has 2 rings (SSSR count). The third-order valence-corrected chi connectivity index (χ3v) is 6.32. The summed E-state index contributed by atoms with van der Waals surface area (Å²) in [6, 6.07) is 9.07. The van der Waals surface area contributed by atoms with Crippen molar-refractivity contribution in [3.8, 4) is 0 Å². The van der Waals surface area contributed by atoms with Crippen molar-refractivity contribution in [2.75, 3.05) is 13.7 Å². The van der Waals surface area contributed by atoms with Crippen LogP contribution in [-0.4, -0.2) is 22.1 Å². The quantitative estimate of drug-likeness (QED) is 0.818. The lowest BCUT2D eigenvalue weighted by Crippen LogP contribution is -2.28. The summed E-state index contributed by atoms with van der Waals surface area (Å²) in [6.07, 6.45) is -0.557. The van der Waals surface area contributed by atoms with Gasteiger partial charge in [0.15, 0.2) is 0 Å². The average molecular weight is 394 g/mol. The first-order valence-electron chi connectivity index (χ1n) is 5.95. The van der Waals surface area contributed by atoms with Crippen LogP contribution in [0.3, 0.4) is 0 Å². The smallest absolute Gasteiger partial charge is 0.250 e. The van der Waals surface area contributed by atoms with Crippen LogP contribution in [0.25, 0.3) is 0 Å². The van der Waals surface area contributed by atoms with E-state index >= 15 is 0 Å². The molecule has 8 heteroatoms. The highest BCUT2D eigenvalue weighted by atomic mass is 79.9. The van der Waals surface area contributed by atoms with E-state index < -0.39 is 16.1 Å². The Hall–Kier alpha value is -0.800. The average Bonchev–Trinajstić information content (AvgIpc) is 2.87. The summed E-state index contributed by atoms with van der Waals surface area (Å²) >= 11 is 4.34. The summed E-state index contributed by atoms with van der Waals surface area (Å²) in [4.78, 5) is 0. The van der Waals surface area contributed by atoms with Crippen LogP contribution in [0.5, 0.6) is 0 Å². The fraction of sp³-hybridized carbons (Fsp3) is 0.231. The van der Waals surface area contributed by atoms with Gasteiger partial charge < -0.3 is 4.74 Å². The maximum Gasteiger partial charge on any atom is 0.250 e. The van der Waals surface area contributed by atoms with E-state index in [1.54, 1.807) is 18.2 Å². The maximum atomic E-state index is 13.2. The molecule has 0 aliphatic heterocycles. The van der Waals surface area contributed by atoms with Crippen LogP contribution < -0.4 is 4.72 Å². The summed E-state index contributed by atoms with van der Waals surface area (Å²) in [5, 5.41) is 0. The number of sulfonamides is 1.